The highest BCUT2D eigenvalue weighted by molar-refractivity contribution is 5.94. The number of methoxy groups -OCH3 is 1. The minimum Gasteiger partial charge on any atom is -0.495 e. The minimum absolute atomic E-state index is 0.0297. The molecule has 4 atom stereocenters. The number of carbonyl (C=O) groups excluding carboxylic acids is 1. The Balaban J connectivity index is 1.48. The number of amides is 1. The Morgan fingerprint density at radius 2 is 2.25 bits per heavy atom. The van der Waals surface area contributed by atoms with E-state index in [1.54, 1.807) is 13.1 Å². The number of nitriles is 1. The van der Waals surface area contributed by atoms with Crippen molar-refractivity contribution >= 4 is 5.91 Å². The van der Waals surface area contributed by atoms with Gasteiger partial charge in [-0.3, -0.25) is 10.2 Å². The summed E-state index contributed by atoms with van der Waals surface area (Å²) in [4.78, 5) is 21.0. The van der Waals surface area contributed by atoms with E-state index in [-0.39, 0.29) is 29.6 Å². The molecular weight excluding hydrogens is 360 g/mol. The first-order valence-electron chi connectivity index (χ1n) is 9.26. The van der Waals surface area contributed by atoms with Crippen molar-refractivity contribution in [3.8, 4) is 11.8 Å². The van der Waals surface area contributed by atoms with Crippen LogP contribution in [0.4, 0.5) is 0 Å². The van der Waals surface area contributed by atoms with Gasteiger partial charge in [-0.15, -0.1) is 0 Å². The summed E-state index contributed by atoms with van der Waals surface area (Å²) in [6, 6.07) is 2.42. The van der Waals surface area contributed by atoms with Crippen molar-refractivity contribution in [3.63, 3.8) is 0 Å². The largest absolute Gasteiger partial charge is 0.495 e. The predicted octanol–water partition coefficient (Wildman–Crippen LogP) is 1.37. The van der Waals surface area contributed by atoms with Gasteiger partial charge in [0.1, 0.15) is 28.8 Å². The third-order valence-electron chi connectivity index (χ3n) is 5.65. The number of nitrogens with zero attached hydrogens (tertiary/aromatic N) is 3. The first-order chi connectivity index (χ1) is 13.6. The Bertz CT molecular complexity index is 907. The Kier molecular flexibility index (Phi) is 4.98. The van der Waals surface area contributed by atoms with Gasteiger partial charge in [0.2, 0.25) is 0 Å². The average Bonchev–Trinajstić information content (AvgIpc) is 3.36. The lowest BCUT2D eigenvalue weighted by Crippen LogP contribution is -2.44. The van der Waals surface area contributed by atoms with Crippen molar-refractivity contribution in [1.82, 2.24) is 26.1 Å². The zero-order valence-corrected chi connectivity index (χ0v) is 15.7. The van der Waals surface area contributed by atoms with Crippen LogP contribution in [0.25, 0.3) is 0 Å². The molecule has 0 aromatic carbocycles. The third kappa shape index (κ3) is 3.21. The highest BCUT2D eigenvalue weighted by atomic mass is 16.5. The van der Waals surface area contributed by atoms with Crippen molar-refractivity contribution in [2.24, 2.45) is 5.92 Å². The smallest absolute Gasteiger partial charge is 0.270 e. The van der Waals surface area contributed by atoms with Crippen molar-refractivity contribution in [1.29, 1.82) is 5.26 Å². The summed E-state index contributed by atoms with van der Waals surface area (Å²) in [5.41, 5.74) is 7.78. The zero-order valence-electron chi connectivity index (χ0n) is 15.7. The van der Waals surface area contributed by atoms with Gasteiger partial charge in [-0.05, 0) is 26.2 Å². The van der Waals surface area contributed by atoms with Gasteiger partial charge in [0, 0.05) is 29.8 Å². The van der Waals surface area contributed by atoms with Crippen LogP contribution in [0.2, 0.25) is 0 Å². The van der Waals surface area contributed by atoms with Gasteiger partial charge >= 0.3 is 0 Å². The lowest BCUT2D eigenvalue weighted by atomic mass is 9.78. The normalized spacial score (nSPS) is 26.3. The number of hydrogen-bond donors (Lipinski definition) is 3. The zero-order chi connectivity index (χ0) is 19.7. The Hall–Kier alpha value is -2.96. The maximum absolute atomic E-state index is 12.8. The van der Waals surface area contributed by atoms with Crippen molar-refractivity contribution < 1.29 is 13.9 Å². The van der Waals surface area contributed by atoms with E-state index in [9.17, 15) is 4.79 Å². The van der Waals surface area contributed by atoms with Crippen LogP contribution < -0.4 is 20.9 Å². The molecular formula is C19H22N6O3. The van der Waals surface area contributed by atoms with Crippen LogP contribution >= 0.6 is 0 Å². The van der Waals surface area contributed by atoms with E-state index in [1.807, 2.05) is 6.07 Å². The molecule has 1 aliphatic carbocycles. The molecule has 9 nitrogen and oxygen atoms in total. The Labute approximate surface area is 162 Å². The molecule has 0 radical (unpaired) electrons. The van der Waals surface area contributed by atoms with Crippen LogP contribution in [0.1, 0.15) is 52.7 Å². The van der Waals surface area contributed by atoms with E-state index in [4.69, 9.17) is 14.4 Å². The molecule has 2 aromatic heterocycles. The first-order valence-corrected chi connectivity index (χ1v) is 9.26. The van der Waals surface area contributed by atoms with Gasteiger partial charge in [0.25, 0.3) is 5.91 Å². The number of hydrogen-bond acceptors (Lipinski definition) is 8. The summed E-state index contributed by atoms with van der Waals surface area (Å²) in [5, 5.41) is 12.3. The van der Waals surface area contributed by atoms with Gasteiger partial charge in [0.15, 0.2) is 6.39 Å². The number of hydrazine groups is 1. The van der Waals surface area contributed by atoms with E-state index in [0.717, 1.165) is 25.0 Å². The number of oxazole rings is 1. The number of aromatic nitrogens is 2. The topological polar surface area (TPSA) is 125 Å². The molecule has 2 aromatic rings. The first kappa shape index (κ1) is 18.4. The molecule has 1 saturated heterocycles. The molecule has 146 valence electrons. The number of rotatable bonds is 4. The highest BCUT2D eigenvalue weighted by Gasteiger charge is 2.42. The fourth-order valence-corrected chi connectivity index (χ4v) is 4.27. The number of carbonyl (C=O) groups is 1. The van der Waals surface area contributed by atoms with Crippen molar-refractivity contribution in [3.05, 3.63) is 41.4 Å². The Morgan fingerprint density at radius 1 is 1.39 bits per heavy atom. The summed E-state index contributed by atoms with van der Waals surface area (Å²) in [5.74, 6) is 1.22. The lowest BCUT2D eigenvalue weighted by Gasteiger charge is -2.33. The maximum atomic E-state index is 12.8. The van der Waals surface area contributed by atoms with Gasteiger partial charge in [-0.2, -0.15) is 5.26 Å². The fraction of sp³-hybridized carbons (Fsp3) is 0.474. The van der Waals surface area contributed by atoms with Crippen molar-refractivity contribution in [2.75, 3.05) is 7.11 Å². The molecule has 28 heavy (non-hydrogen) atoms. The molecule has 3 N–H and O–H groups in total. The van der Waals surface area contributed by atoms with Gasteiger partial charge in [-0.1, -0.05) is 0 Å². The SMILES string of the molecule is COc1c(C#N)cnc(C(=O)NC2CCC3NNC(c4cnco4)C3C2)c1C. The molecule has 2 fully saturated rings. The monoisotopic (exact) mass is 382 g/mol. The summed E-state index contributed by atoms with van der Waals surface area (Å²) >= 11 is 0. The standard InChI is InChI=1S/C19H22N6O3/c1-10-16(22-7-11(6-20)18(10)27-2)19(26)23-12-3-4-14-13(5-12)17(25-24-14)15-8-21-9-28-15/h7-9,12-14,17,24-25H,3-5H2,1-2H3,(H,23,26). The van der Waals surface area contributed by atoms with Crippen LogP contribution in [0.15, 0.2) is 23.2 Å². The summed E-state index contributed by atoms with van der Waals surface area (Å²) < 4.78 is 10.7. The second kappa shape index (κ2) is 7.58. The minimum atomic E-state index is -0.251. The molecule has 4 unspecified atom stereocenters. The fourth-order valence-electron chi connectivity index (χ4n) is 4.27. The maximum Gasteiger partial charge on any atom is 0.270 e. The molecule has 1 amide bonds. The molecule has 0 spiro atoms. The molecule has 3 heterocycles. The molecule has 1 aliphatic heterocycles. The van der Waals surface area contributed by atoms with Crippen LogP contribution in [-0.4, -0.2) is 35.1 Å². The van der Waals surface area contributed by atoms with E-state index in [1.165, 1.54) is 19.7 Å². The molecule has 1 saturated carbocycles. The lowest BCUT2D eigenvalue weighted by molar-refractivity contribution is 0.0908. The van der Waals surface area contributed by atoms with E-state index >= 15 is 0 Å². The van der Waals surface area contributed by atoms with Crippen LogP contribution in [0.3, 0.4) is 0 Å². The van der Waals surface area contributed by atoms with Gasteiger partial charge in [0.05, 0.1) is 19.3 Å². The summed E-state index contributed by atoms with van der Waals surface area (Å²) in [6.07, 6.45) is 7.16. The Morgan fingerprint density at radius 3 is 2.96 bits per heavy atom. The van der Waals surface area contributed by atoms with Crippen LogP contribution in [0.5, 0.6) is 5.75 Å². The van der Waals surface area contributed by atoms with Gasteiger partial charge in [-0.25, -0.2) is 15.4 Å². The summed E-state index contributed by atoms with van der Waals surface area (Å²) in [6.45, 7) is 1.74. The average molecular weight is 382 g/mol. The van der Waals surface area contributed by atoms with E-state index < -0.39 is 0 Å². The van der Waals surface area contributed by atoms with E-state index in [2.05, 4.69) is 26.1 Å². The van der Waals surface area contributed by atoms with Crippen molar-refractivity contribution in [2.45, 2.75) is 44.3 Å². The second-order valence-electron chi connectivity index (χ2n) is 7.21. The number of fused-ring (bicyclic) bond motifs is 1. The highest BCUT2D eigenvalue weighted by Crippen LogP contribution is 2.38. The number of pyridine rings is 1. The van der Waals surface area contributed by atoms with E-state index in [0.29, 0.717) is 22.9 Å². The quantitative estimate of drug-likeness (QED) is 0.724. The molecule has 0 bridgehead atoms. The van der Waals surface area contributed by atoms with Crippen LogP contribution in [0, 0.1) is 24.2 Å². The predicted molar refractivity (Wildman–Crippen MR) is 98.1 cm³/mol. The summed E-state index contributed by atoms with van der Waals surface area (Å²) in [7, 11) is 1.48. The number of nitrogens with one attached hydrogen (secondary N) is 3. The number of ether oxygens (including phenoxy) is 1. The second-order valence-corrected chi connectivity index (χ2v) is 7.21. The molecule has 2 aliphatic rings. The third-order valence-corrected chi connectivity index (χ3v) is 5.65. The van der Waals surface area contributed by atoms with Crippen LogP contribution in [-0.2, 0) is 0 Å². The molecule has 9 heteroatoms. The molecule has 4 rings (SSSR count). The van der Waals surface area contributed by atoms with Gasteiger partial charge < -0.3 is 14.5 Å².